The number of carbonyl (C=O) groups excluding carboxylic acids is 1. The van der Waals surface area contributed by atoms with Gasteiger partial charge in [-0.15, -0.1) is 0 Å². The van der Waals surface area contributed by atoms with Gasteiger partial charge < -0.3 is 5.32 Å². The van der Waals surface area contributed by atoms with Crippen molar-refractivity contribution in [1.29, 1.82) is 0 Å². The summed E-state index contributed by atoms with van der Waals surface area (Å²) >= 11 is 12.1. The Labute approximate surface area is 192 Å². The van der Waals surface area contributed by atoms with E-state index in [1.807, 2.05) is 55.5 Å². The summed E-state index contributed by atoms with van der Waals surface area (Å²) in [6, 6.07) is 19.7. The summed E-state index contributed by atoms with van der Waals surface area (Å²) in [4.78, 5) is 13.0. The highest BCUT2D eigenvalue weighted by atomic mass is 35.5. The van der Waals surface area contributed by atoms with E-state index in [4.69, 9.17) is 23.2 Å². The van der Waals surface area contributed by atoms with Crippen LogP contribution in [0.2, 0.25) is 10.0 Å². The Hall–Kier alpha value is -2.38. The Balaban J connectivity index is 1.92. The Morgan fingerprint density at radius 1 is 0.968 bits per heavy atom. The first kappa shape index (κ1) is 23.3. The van der Waals surface area contributed by atoms with Gasteiger partial charge in [0, 0.05) is 10.7 Å². The van der Waals surface area contributed by atoms with Crippen molar-refractivity contribution in [1.82, 2.24) is 4.72 Å². The molecule has 2 N–H and O–H groups in total. The van der Waals surface area contributed by atoms with E-state index in [1.165, 1.54) is 18.2 Å². The van der Waals surface area contributed by atoms with Crippen LogP contribution < -0.4 is 10.0 Å². The molecule has 1 amide bonds. The zero-order valence-corrected chi connectivity index (χ0v) is 19.1. The summed E-state index contributed by atoms with van der Waals surface area (Å²) in [5.41, 5.74) is 2.41. The second kappa shape index (κ2) is 10.3. The second-order valence-corrected chi connectivity index (χ2v) is 9.46. The van der Waals surface area contributed by atoms with Crippen LogP contribution in [-0.4, -0.2) is 20.4 Å². The molecule has 3 rings (SSSR count). The van der Waals surface area contributed by atoms with Crippen LogP contribution in [-0.2, 0) is 27.7 Å². The summed E-state index contributed by atoms with van der Waals surface area (Å²) in [7, 11) is -4.11. The first-order valence-electron chi connectivity index (χ1n) is 9.70. The maximum atomic E-state index is 13.1. The largest absolute Gasteiger partial charge is 0.324 e. The molecule has 0 aromatic heterocycles. The van der Waals surface area contributed by atoms with Crippen LogP contribution in [0.25, 0.3) is 0 Å². The third-order valence-electron chi connectivity index (χ3n) is 4.74. The number of rotatable bonds is 8. The zero-order valence-electron chi connectivity index (χ0n) is 16.8. The molecule has 31 heavy (non-hydrogen) atoms. The van der Waals surface area contributed by atoms with Crippen molar-refractivity contribution in [2.45, 2.75) is 30.7 Å². The van der Waals surface area contributed by atoms with Crippen molar-refractivity contribution in [3.05, 3.63) is 94.0 Å². The highest BCUT2D eigenvalue weighted by Gasteiger charge is 2.28. The summed E-state index contributed by atoms with van der Waals surface area (Å²) < 4.78 is 28.6. The number of benzene rings is 3. The van der Waals surface area contributed by atoms with Crippen LogP contribution in [0.4, 0.5) is 5.69 Å². The maximum absolute atomic E-state index is 13.1. The van der Waals surface area contributed by atoms with E-state index in [0.29, 0.717) is 5.69 Å². The van der Waals surface area contributed by atoms with Crippen molar-refractivity contribution in [2.24, 2.45) is 0 Å². The predicted molar refractivity (Wildman–Crippen MR) is 125 cm³/mol. The average Bonchev–Trinajstić information content (AvgIpc) is 2.76. The van der Waals surface area contributed by atoms with Crippen LogP contribution >= 0.6 is 23.2 Å². The number of carbonyl (C=O) groups is 1. The van der Waals surface area contributed by atoms with Gasteiger partial charge in [0.1, 0.15) is 10.9 Å². The normalized spacial score (nSPS) is 12.4. The molecular weight excluding hydrogens is 455 g/mol. The molecule has 0 saturated heterocycles. The summed E-state index contributed by atoms with van der Waals surface area (Å²) in [6.45, 7) is 1.98. The number of aryl methyl sites for hydroxylation is 1. The van der Waals surface area contributed by atoms with Gasteiger partial charge in [-0.3, -0.25) is 4.79 Å². The lowest BCUT2D eigenvalue weighted by atomic mass is 10.1. The molecule has 1 atom stereocenters. The zero-order chi connectivity index (χ0) is 22.4. The van der Waals surface area contributed by atoms with Crippen molar-refractivity contribution in [3.8, 4) is 0 Å². The fourth-order valence-corrected chi connectivity index (χ4v) is 5.10. The van der Waals surface area contributed by atoms with E-state index in [-0.39, 0.29) is 21.4 Å². The Morgan fingerprint density at radius 3 is 2.35 bits per heavy atom. The van der Waals surface area contributed by atoms with E-state index < -0.39 is 22.0 Å². The molecule has 0 fully saturated rings. The van der Waals surface area contributed by atoms with Crippen LogP contribution in [0, 0.1) is 0 Å². The molecule has 0 saturated carbocycles. The smallest absolute Gasteiger partial charge is 0.242 e. The summed E-state index contributed by atoms with van der Waals surface area (Å²) in [5, 5.41) is 3.10. The molecule has 0 aliphatic rings. The SMILES string of the molecule is CCc1ccccc1NC(=O)[C@H](Cc1ccccc1)NS(=O)(=O)c1cc(Cl)ccc1Cl. The molecule has 162 valence electrons. The molecule has 0 bridgehead atoms. The number of halogens is 2. The second-order valence-electron chi connectivity index (χ2n) is 6.94. The third kappa shape index (κ3) is 6.08. The molecule has 0 aliphatic carbocycles. The van der Waals surface area contributed by atoms with Crippen molar-refractivity contribution >= 4 is 44.8 Å². The lowest BCUT2D eigenvalue weighted by Crippen LogP contribution is -2.45. The fraction of sp³-hybridized carbons (Fsp3) is 0.174. The Bertz CT molecular complexity index is 1170. The number of sulfonamides is 1. The van der Waals surface area contributed by atoms with Gasteiger partial charge in [0.15, 0.2) is 0 Å². The van der Waals surface area contributed by atoms with Gasteiger partial charge in [-0.1, -0.05) is 78.7 Å². The van der Waals surface area contributed by atoms with Crippen LogP contribution in [0.3, 0.4) is 0 Å². The van der Waals surface area contributed by atoms with Gasteiger partial charge in [-0.2, -0.15) is 4.72 Å². The van der Waals surface area contributed by atoms with Gasteiger partial charge in [0.2, 0.25) is 15.9 Å². The first-order chi connectivity index (χ1) is 14.8. The molecule has 8 heteroatoms. The molecule has 0 radical (unpaired) electrons. The highest BCUT2D eigenvalue weighted by molar-refractivity contribution is 7.89. The van der Waals surface area contributed by atoms with Gasteiger partial charge in [-0.25, -0.2) is 8.42 Å². The first-order valence-corrected chi connectivity index (χ1v) is 11.9. The lowest BCUT2D eigenvalue weighted by molar-refractivity contribution is -0.117. The summed E-state index contributed by atoms with van der Waals surface area (Å²) in [5.74, 6) is -0.466. The topological polar surface area (TPSA) is 75.3 Å². The van der Waals surface area contributed by atoms with Gasteiger partial charge in [0.05, 0.1) is 5.02 Å². The predicted octanol–water partition coefficient (Wildman–Crippen LogP) is 5.08. The molecule has 3 aromatic carbocycles. The number of para-hydroxylation sites is 1. The third-order valence-corrected chi connectivity index (χ3v) is 6.92. The number of anilines is 1. The van der Waals surface area contributed by atoms with Crippen molar-refractivity contribution < 1.29 is 13.2 Å². The molecule has 0 aliphatic heterocycles. The minimum Gasteiger partial charge on any atom is -0.324 e. The van der Waals surface area contributed by atoms with Gasteiger partial charge in [-0.05, 0) is 48.2 Å². The number of amides is 1. The van der Waals surface area contributed by atoms with E-state index in [1.54, 1.807) is 6.07 Å². The van der Waals surface area contributed by atoms with Crippen molar-refractivity contribution in [3.63, 3.8) is 0 Å². The number of hydrogen-bond donors (Lipinski definition) is 2. The minimum atomic E-state index is -4.11. The minimum absolute atomic E-state index is 0.0205. The Kier molecular flexibility index (Phi) is 7.73. The number of hydrogen-bond acceptors (Lipinski definition) is 3. The molecular formula is C23H22Cl2N2O3S. The lowest BCUT2D eigenvalue weighted by Gasteiger charge is -2.20. The molecule has 3 aromatic rings. The molecule has 0 heterocycles. The van der Waals surface area contributed by atoms with E-state index in [0.717, 1.165) is 17.5 Å². The molecule has 0 spiro atoms. The number of nitrogens with one attached hydrogen (secondary N) is 2. The average molecular weight is 477 g/mol. The molecule has 5 nitrogen and oxygen atoms in total. The van der Waals surface area contributed by atoms with Gasteiger partial charge in [0.25, 0.3) is 0 Å². The summed E-state index contributed by atoms with van der Waals surface area (Å²) in [6.07, 6.45) is 0.891. The van der Waals surface area contributed by atoms with E-state index in [9.17, 15) is 13.2 Å². The molecule has 0 unspecified atom stereocenters. The van der Waals surface area contributed by atoms with Gasteiger partial charge >= 0.3 is 0 Å². The van der Waals surface area contributed by atoms with E-state index in [2.05, 4.69) is 10.0 Å². The van der Waals surface area contributed by atoms with Crippen LogP contribution in [0.5, 0.6) is 0 Å². The van der Waals surface area contributed by atoms with Crippen molar-refractivity contribution in [2.75, 3.05) is 5.32 Å². The maximum Gasteiger partial charge on any atom is 0.242 e. The highest BCUT2D eigenvalue weighted by Crippen LogP contribution is 2.25. The Morgan fingerprint density at radius 2 is 1.65 bits per heavy atom. The quantitative estimate of drug-likeness (QED) is 0.475. The standard InChI is InChI=1S/C23H22Cl2N2O3S/c1-2-17-10-6-7-11-20(17)26-23(28)21(14-16-8-4-3-5-9-16)27-31(29,30)22-15-18(24)12-13-19(22)25/h3-13,15,21,27H,2,14H2,1H3,(H,26,28)/t21-/m0/s1. The fourth-order valence-electron chi connectivity index (χ4n) is 3.14. The van der Waals surface area contributed by atoms with Crippen LogP contribution in [0.15, 0.2) is 77.7 Å². The van der Waals surface area contributed by atoms with Crippen LogP contribution in [0.1, 0.15) is 18.1 Å². The monoisotopic (exact) mass is 476 g/mol. The van der Waals surface area contributed by atoms with E-state index >= 15 is 0 Å².